The summed E-state index contributed by atoms with van der Waals surface area (Å²) in [5, 5.41) is 3.85. The number of H-pyrrole nitrogens is 1. The fourth-order valence-electron chi connectivity index (χ4n) is 5.94. The molecule has 2 bridgehead atoms. The Labute approximate surface area is 202 Å². The van der Waals surface area contributed by atoms with Crippen LogP contribution in [0.1, 0.15) is 63.2 Å². The zero-order valence-electron chi connectivity index (χ0n) is 19.4. The maximum atomic E-state index is 12.7. The first-order valence-electron chi connectivity index (χ1n) is 11.9. The minimum atomic E-state index is -0.113. The number of nitrogens with zero attached hydrogens (tertiary/aromatic N) is 1. The van der Waals surface area contributed by atoms with Gasteiger partial charge in [0.25, 0.3) is 5.56 Å². The lowest BCUT2D eigenvalue weighted by Gasteiger charge is -2.45. The van der Waals surface area contributed by atoms with Crippen molar-refractivity contribution >= 4 is 27.5 Å². The van der Waals surface area contributed by atoms with Gasteiger partial charge in [-0.25, -0.2) is 4.98 Å². The number of aromatic nitrogens is 2. The van der Waals surface area contributed by atoms with Crippen molar-refractivity contribution in [3.05, 3.63) is 97.4 Å². The van der Waals surface area contributed by atoms with Gasteiger partial charge in [-0.2, -0.15) is 0 Å². The summed E-state index contributed by atoms with van der Waals surface area (Å²) in [6, 6.07) is 17.5. The Hall–Kier alpha value is -3.25. The molecule has 5 nitrogen and oxygen atoms in total. The maximum absolute atomic E-state index is 12.7. The lowest BCUT2D eigenvalue weighted by atomic mass is 9.59. The van der Waals surface area contributed by atoms with Gasteiger partial charge in [-0.1, -0.05) is 48.5 Å². The van der Waals surface area contributed by atoms with Gasteiger partial charge >= 0.3 is 0 Å². The topological polar surface area (TPSA) is 74.8 Å². The van der Waals surface area contributed by atoms with Gasteiger partial charge in [0.15, 0.2) is 0 Å². The molecule has 0 fully saturated rings. The summed E-state index contributed by atoms with van der Waals surface area (Å²) in [4.78, 5) is 34.6. The molecule has 2 aromatic heterocycles. The number of benzene rings is 2. The summed E-state index contributed by atoms with van der Waals surface area (Å²) < 4.78 is 0. The third-order valence-electron chi connectivity index (χ3n) is 7.66. The molecule has 0 radical (unpaired) electrons. The van der Waals surface area contributed by atoms with Crippen LogP contribution < -0.4 is 10.9 Å². The number of amides is 1. The predicted molar refractivity (Wildman–Crippen MR) is 136 cm³/mol. The molecule has 172 valence electrons. The van der Waals surface area contributed by atoms with Gasteiger partial charge in [-0.05, 0) is 54.0 Å². The van der Waals surface area contributed by atoms with Crippen molar-refractivity contribution < 1.29 is 4.79 Å². The Morgan fingerprint density at radius 2 is 1.71 bits per heavy atom. The molecule has 3 aliphatic rings. The van der Waals surface area contributed by atoms with E-state index in [4.69, 9.17) is 0 Å². The van der Waals surface area contributed by atoms with Gasteiger partial charge < -0.3 is 10.3 Å². The van der Waals surface area contributed by atoms with E-state index in [0.29, 0.717) is 48.4 Å². The van der Waals surface area contributed by atoms with E-state index in [0.717, 1.165) is 21.7 Å². The van der Waals surface area contributed by atoms with Gasteiger partial charge in [-0.15, -0.1) is 11.3 Å². The molecule has 0 saturated carbocycles. The van der Waals surface area contributed by atoms with E-state index in [9.17, 15) is 9.59 Å². The predicted octanol–water partition coefficient (Wildman–Crippen LogP) is 4.95. The second kappa shape index (κ2) is 8.20. The first-order chi connectivity index (χ1) is 16.5. The first-order valence-corrected chi connectivity index (χ1v) is 12.8. The number of fused-ring (bicyclic) bond motifs is 2. The molecule has 6 heteroatoms. The van der Waals surface area contributed by atoms with Gasteiger partial charge in [0.05, 0.1) is 5.39 Å². The number of aromatic amines is 1. The zero-order chi connectivity index (χ0) is 23.4. The second-order valence-electron chi connectivity index (χ2n) is 9.56. The molecule has 7 rings (SSSR count). The van der Waals surface area contributed by atoms with E-state index in [-0.39, 0.29) is 11.5 Å². The SMILES string of the molecule is Cc1sc2nc(CCC(=O)NCC3CC4c5ccccc5C3c3ccccc34)[nH]c(=O)c2c1C. The van der Waals surface area contributed by atoms with Crippen LogP contribution in [0.4, 0.5) is 0 Å². The Morgan fingerprint density at radius 1 is 1.06 bits per heavy atom. The van der Waals surface area contributed by atoms with Crippen molar-refractivity contribution in [2.24, 2.45) is 5.92 Å². The van der Waals surface area contributed by atoms with Crippen LogP contribution in [0.2, 0.25) is 0 Å². The molecule has 1 amide bonds. The molecule has 34 heavy (non-hydrogen) atoms. The molecule has 3 aliphatic carbocycles. The Kier molecular flexibility index (Phi) is 5.14. The summed E-state index contributed by atoms with van der Waals surface area (Å²) in [7, 11) is 0. The molecule has 1 atom stereocenters. The molecule has 1 unspecified atom stereocenters. The highest BCUT2D eigenvalue weighted by Crippen LogP contribution is 2.55. The van der Waals surface area contributed by atoms with Crippen LogP contribution in [0.5, 0.6) is 0 Å². The lowest BCUT2D eigenvalue weighted by Crippen LogP contribution is -2.39. The molecule has 4 aromatic rings. The maximum Gasteiger partial charge on any atom is 0.259 e. The normalized spacial score (nSPS) is 20.2. The highest BCUT2D eigenvalue weighted by Gasteiger charge is 2.42. The van der Waals surface area contributed by atoms with Crippen LogP contribution in [0.3, 0.4) is 0 Å². The van der Waals surface area contributed by atoms with Crippen LogP contribution in [-0.2, 0) is 11.2 Å². The van der Waals surface area contributed by atoms with Crippen molar-refractivity contribution in [3.8, 4) is 0 Å². The van der Waals surface area contributed by atoms with Crippen molar-refractivity contribution in [1.82, 2.24) is 15.3 Å². The number of hydrogen-bond acceptors (Lipinski definition) is 4. The fourth-order valence-corrected chi connectivity index (χ4v) is 6.99. The third-order valence-corrected chi connectivity index (χ3v) is 8.76. The largest absolute Gasteiger partial charge is 0.356 e. The summed E-state index contributed by atoms with van der Waals surface area (Å²) in [5.41, 5.74) is 6.58. The van der Waals surface area contributed by atoms with Gasteiger partial charge in [0.1, 0.15) is 10.7 Å². The minimum Gasteiger partial charge on any atom is -0.356 e. The number of nitrogens with one attached hydrogen (secondary N) is 2. The van der Waals surface area contributed by atoms with E-state index in [2.05, 4.69) is 63.8 Å². The average molecular weight is 470 g/mol. The highest BCUT2D eigenvalue weighted by atomic mass is 32.1. The molecule has 2 heterocycles. The second-order valence-corrected chi connectivity index (χ2v) is 10.8. The van der Waals surface area contributed by atoms with Crippen molar-refractivity contribution in [2.75, 3.05) is 6.54 Å². The number of carbonyl (C=O) groups excluding carboxylic acids is 1. The molecular weight excluding hydrogens is 442 g/mol. The molecule has 0 aliphatic heterocycles. The van der Waals surface area contributed by atoms with Gasteiger partial charge in [-0.3, -0.25) is 9.59 Å². The Morgan fingerprint density at radius 3 is 2.38 bits per heavy atom. The monoisotopic (exact) mass is 469 g/mol. The summed E-state index contributed by atoms with van der Waals surface area (Å²) in [6.07, 6.45) is 1.79. The number of carbonyl (C=O) groups is 1. The van der Waals surface area contributed by atoms with Gasteiger partial charge in [0, 0.05) is 36.1 Å². The van der Waals surface area contributed by atoms with Crippen LogP contribution in [0.25, 0.3) is 10.2 Å². The number of aryl methyl sites for hydroxylation is 3. The van der Waals surface area contributed by atoms with Crippen LogP contribution in [0, 0.1) is 19.8 Å². The minimum absolute atomic E-state index is 0.00399. The van der Waals surface area contributed by atoms with Crippen molar-refractivity contribution in [2.45, 2.75) is 44.9 Å². The molecule has 2 aromatic carbocycles. The highest BCUT2D eigenvalue weighted by molar-refractivity contribution is 7.18. The van der Waals surface area contributed by atoms with Crippen LogP contribution >= 0.6 is 11.3 Å². The van der Waals surface area contributed by atoms with Gasteiger partial charge in [0.2, 0.25) is 5.91 Å². The van der Waals surface area contributed by atoms with E-state index in [1.54, 1.807) is 0 Å². The summed E-state index contributed by atoms with van der Waals surface area (Å²) in [5.74, 6) is 1.68. The van der Waals surface area contributed by atoms with Crippen molar-refractivity contribution in [1.29, 1.82) is 0 Å². The third kappa shape index (κ3) is 3.40. The quantitative estimate of drug-likeness (QED) is 0.434. The number of thiophene rings is 1. The van der Waals surface area contributed by atoms with E-state index >= 15 is 0 Å². The number of rotatable bonds is 5. The van der Waals surface area contributed by atoms with E-state index in [1.807, 2.05) is 13.8 Å². The van der Waals surface area contributed by atoms with Crippen LogP contribution in [-0.4, -0.2) is 22.4 Å². The fraction of sp³-hybridized carbons (Fsp3) is 0.321. The Bertz CT molecular complexity index is 1440. The molecule has 0 spiro atoms. The smallest absolute Gasteiger partial charge is 0.259 e. The standard InChI is InChI=1S/C28H27N3O2S/c1-15-16(2)34-28-25(15)27(33)30-23(31-28)11-12-24(32)29-14-17-13-22-18-7-3-5-9-20(18)26(17)21-10-6-4-8-19(21)22/h3-10,17,22,26H,11-14H2,1-2H3,(H,29,32)(H,30,31,33). The average Bonchev–Trinajstić information content (AvgIpc) is 3.15. The summed E-state index contributed by atoms with van der Waals surface area (Å²) >= 11 is 1.53. The lowest BCUT2D eigenvalue weighted by molar-refractivity contribution is -0.121. The van der Waals surface area contributed by atoms with E-state index in [1.165, 1.54) is 33.6 Å². The molecule has 0 saturated heterocycles. The van der Waals surface area contributed by atoms with Crippen LogP contribution in [0.15, 0.2) is 53.3 Å². The Balaban J connectivity index is 1.15. The summed E-state index contributed by atoms with van der Waals surface area (Å²) in [6.45, 7) is 4.62. The zero-order valence-corrected chi connectivity index (χ0v) is 20.2. The molecule has 2 N–H and O–H groups in total. The first kappa shape index (κ1) is 21.3. The number of hydrogen-bond donors (Lipinski definition) is 2. The van der Waals surface area contributed by atoms with Crippen molar-refractivity contribution in [3.63, 3.8) is 0 Å². The molecular formula is C28H27N3O2S. The van der Waals surface area contributed by atoms with E-state index < -0.39 is 0 Å².